The zero-order valence-corrected chi connectivity index (χ0v) is 11.5. The van der Waals surface area contributed by atoms with E-state index in [1.54, 1.807) is 0 Å². The summed E-state index contributed by atoms with van der Waals surface area (Å²) >= 11 is 0. The summed E-state index contributed by atoms with van der Waals surface area (Å²) in [5.41, 5.74) is 0.562. The number of rotatable bonds is 7. The molecular weight excluding hydrogens is 244 g/mol. The Morgan fingerprint density at radius 2 is 1.84 bits per heavy atom. The highest BCUT2D eigenvalue weighted by Crippen LogP contribution is 2.27. The normalized spacial score (nSPS) is 14.4. The van der Waals surface area contributed by atoms with Gasteiger partial charge in [0.1, 0.15) is 0 Å². The van der Waals surface area contributed by atoms with Crippen LogP contribution in [0.3, 0.4) is 0 Å². The van der Waals surface area contributed by atoms with Gasteiger partial charge in [-0.05, 0) is 29.9 Å². The predicted octanol–water partition coefficient (Wildman–Crippen LogP) is 1.97. The van der Waals surface area contributed by atoms with Gasteiger partial charge in [0.05, 0.1) is 18.6 Å². The Bertz CT molecular complexity index is 428. The van der Waals surface area contributed by atoms with Crippen molar-refractivity contribution in [1.29, 1.82) is 0 Å². The van der Waals surface area contributed by atoms with E-state index < -0.39 is 11.6 Å². The van der Waals surface area contributed by atoms with Crippen molar-refractivity contribution in [2.24, 2.45) is 5.92 Å². The van der Waals surface area contributed by atoms with Gasteiger partial charge in [0, 0.05) is 0 Å². The molecule has 4 heteroatoms. The number of aliphatic hydroxyl groups excluding tert-OH is 1. The second kappa shape index (κ2) is 6.68. The van der Waals surface area contributed by atoms with E-state index in [0.717, 1.165) is 11.1 Å². The number of aliphatic hydroxyl groups is 2. The molecule has 0 aliphatic rings. The molecule has 0 radical (unpaired) electrons. The number of aliphatic carboxylic acids is 1. The lowest BCUT2D eigenvalue weighted by Crippen LogP contribution is -2.38. The van der Waals surface area contributed by atoms with Gasteiger partial charge < -0.3 is 15.3 Å². The SMILES string of the molecule is CC(C)[C@](O)(CCc1ccccc1CO)CC(=O)O. The van der Waals surface area contributed by atoms with Crippen LogP contribution in [-0.2, 0) is 17.8 Å². The first kappa shape index (κ1) is 15.7. The van der Waals surface area contributed by atoms with Gasteiger partial charge in [-0.3, -0.25) is 4.79 Å². The van der Waals surface area contributed by atoms with Crippen LogP contribution in [0.4, 0.5) is 0 Å². The monoisotopic (exact) mass is 266 g/mol. The number of carbonyl (C=O) groups is 1. The minimum atomic E-state index is -1.21. The zero-order chi connectivity index (χ0) is 14.5. The molecule has 0 fully saturated rings. The second-order valence-corrected chi connectivity index (χ2v) is 5.26. The Morgan fingerprint density at radius 1 is 1.26 bits per heavy atom. The summed E-state index contributed by atoms with van der Waals surface area (Å²) in [6, 6.07) is 7.45. The van der Waals surface area contributed by atoms with E-state index in [1.165, 1.54) is 0 Å². The Hall–Kier alpha value is -1.39. The number of hydrogen-bond donors (Lipinski definition) is 3. The molecule has 0 amide bonds. The van der Waals surface area contributed by atoms with Gasteiger partial charge in [0.15, 0.2) is 0 Å². The fourth-order valence-electron chi connectivity index (χ4n) is 2.15. The molecule has 1 aromatic carbocycles. The van der Waals surface area contributed by atoms with E-state index in [-0.39, 0.29) is 18.9 Å². The minimum absolute atomic E-state index is 0.0464. The Kier molecular flexibility index (Phi) is 5.51. The summed E-state index contributed by atoms with van der Waals surface area (Å²) in [4.78, 5) is 10.9. The summed E-state index contributed by atoms with van der Waals surface area (Å²) in [7, 11) is 0. The highest BCUT2D eigenvalue weighted by molar-refractivity contribution is 5.68. The van der Waals surface area contributed by atoms with Crippen LogP contribution in [0.15, 0.2) is 24.3 Å². The topological polar surface area (TPSA) is 77.8 Å². The summed E-state index contributed by atoms with van der Waals surface area (Å²) < 4.78 is 0. The van der Waals surface area contributed by atoms with Crippen molar-refractivity contribution in [2.45, 2.75) is 45.3 Å². The molecule has 106 valence electrons. The van der Waals surface area contributed by atoms with Crippen molar-refractivity contribution in [1.82, 2.24) is 0 Å². The maximum atomic E-state index is 10.9. The van der Waals surface area contributed by atoms with Crippen molar-refractivity contribution < 1.29 is 20.1 Å². The predicted molar refractivity (Wildman–Crippen MR) is 72.7 cm³/mol. The second-order valence-electron chi connectivity index (χ2n) is 5.26. The molecule has 0 aliphatic heterocycles. The molecule has 1 atom stereocenters. The van der Waals surface area contributed by atoms with Crippen molar-refractivity contribution in [3.05, 3.63) is 35.4 Å². The molecule has 0 saturated carbocycles. The third kappa shape index (κ3) is 4.33. The summed E-state index contributed by atoms with van der Waals surface area (Å²) in [6.07, 6.45) is 0.665. The molecule has 0 unspecified atom stereocenters. The van der Waals surface area contributed by atoms with Gasteiger partial charge in [0.25, 0.3) is 0 Å². The fourth-order valence-corrected chi connectivity index (χ4v) is 2.15. The number of hydrogen-bond acceptors (Lipinski definition) is 3. The van der Waals surface area contributed by atoms with Gasteiger partial charge in [0.2, 0.25) is 0 Å². The average molecular weight is 266 g/mol. The van der Waals surface area contributed by atoms with Crippen molar-refractivity contribution in [3.63, 3.8) is 0 Å². The molecule has 0 aliphatic carbocycles. The smallest absolute Gasteiger partial charge is 0.306 e. The fraction of sp³-hybridized carbons (Fsp3) is 0.533. The molecule has 1 aromatic rings. The molecule has 0 spiro atoms. The minimum Gasteiger partial charge on any atom is -0.481 e. The van der Waals surface area contributed by atoms with Gasteiger partial charge >= 0.3 is 5.97 Å². The lowest BCUT2D eigenvalue weighted by Gasteiger charge is -2.31. The first-order chi connectivity index (χ1) is 8.89. The lowest BCUT2D eigenvalue weighted by atomic mass is 9.81. The average Bonchev–Trinajstić information content (AvgIpc) is 2.35. The maximum Gasteiger partial charge on any atom is 0.306 e. The molecule has 3 N–H and O–H groups in total. The molecule has 0 bridgehead atoms. The van der Waals surface area contributed by atoms with E-state index in [0.29, 0.717) is 12.8 Å². The van der Waals surface area contributed by atoms with Gasteiger partial charge in [-0.1, -0.05) is 38.1 Å². The van der Waals surface area contributed by atoms with E-state index in [1.807, 2.05) is 38.1 Å². The van der Waals surface area contributed by atoms with E-state index in [4.69, 9.17) is 5.11 Å². The number of carboxylic acid groups (broad SMARTS) is 1. The standard InChI is InChI=1S/C15H22O4/c1-11(2)15(19,9-14(17)18)8-7-12-5-3-4-6-13(12)10-16/h3-6,11,16,19H,7-10H2,1-2H3,(H,17,18)/t15-/m0/s1. The van der Waals surface area contributed by atoms with Crippen molar-refractivity contribution in [2.75, 3.05) is 0 Å². The molecule has 0 heterocycles. The van der Waals surface area contributed by atoms with Crippen LogP contribution in [0.25, 0.3) is 0 Å². The van der Waals surface area contributed by atoms with E-state index >= 15 is 0 Å². The van der Waals surface area contributed by atoms with E-state index in [9.17, 15) is 15.0 Å². The Labute approximate surface area is 113 Å². The van der Waals surface area contributed by atoms with Crippen LogP contribution in [0.2, 0.25) is 0 Å². The molecule has 0 aromatic heterocycles. The van der Waals surface area contributed by atoms with Crippen molar-refractivity contribution >= 4 is 5.97 Å². The Balaban J connectivity index is 2.79. The van der Waals surface area contributed by atoms with E-state index in [2.05, 4.69) is 0 Å². The molecule has 4 nitrogen and oxygen atoms in total. The first-order valence-electron chi connectivity index (χ1n) is 6.51. The quantitative estimate of drug-likeness (QED) is 0.705. The van der Waals surface area contributed by atoms with Gasteiger partial charge in [-0.25, -0.2) is 0 Å². The molecule has 1 rings (SSSR count). The number of carboxylic acids is 1. The summed E-state index contributed by atoms with van der Waals surface area (Å²) in [5, 5.41) is 28.6. The summed E-state index contributed by atoms with van der Waals surface area (Å²) in [5.74, 6) is -1.13. The maximum absolute atomic E-state index is 10.9. The molecule has 0 saturated heterocycles. The van der Waals surface area contributed by atoms with Crippen LogP contribution in [0.1, 0.15) is 37.8 Å². The number of benzene rings is 1. The highest BCUT2D eigenvalue weighted by atomic mass is 16.4. The Morgan fingerprint density at radius 3 is 2.32 bits per heavy atom. The molecule has 19 heavy (non-hydrogen) atoms. The number of aryl methyl sites for hydroxylation is 1. The lowest BCUT2D eigenvalue weighted by molar-refractivity contribution is -0.145. The van der Waals surface area contributed by atoms with Crippen LogP contribution in [0, 0.1) is 5.92 Å². The zero-order valence-electron chi connectivity index (χ0n) is 11.5. The van der Waals surface area contributed by atoms with Crippen molar-refractivity contribution in [3.8, 4) is 0 Å². The van der Waals surface area contributed by atoms with Gasteiger partial charge in [-0.15, -0.1) is 0 Å². The van der Waals surface area contributed by atoms with Crippen LogP contribution >= 0.6 is 0 Å². The molecular formula is C15H22O4. The third-order valence-electron chi connectivity index (χ3n) is 3.65. The van der Waals surface area contributed by atoms with Crippen LogP contribution < -0.4 is 0 Å². The van der Waals surface area contributed by atoms with Gasteiger partial charge in [-0.2, -0.15) is 0 Å². The van der Waals surface area contributed by atoms with Crippen LogP contribution in [0.5, 0.6) is 0 Å². The summed E-state index contributed by atoms with van der Waals surface area (Å²) in [6.45, 7) is 3.59. The van der Waals surface area contributed by atoms with Crippen LogP contribution in [-0.4, -0.2) is 26.9 Å². The highest BCUT2D eigenvalue weighted by Gasteiger charge is 2.33. The third-order valence-corrected chi connectivity index (χ3v) is 3.65. The first-order valence-corrected chi connectivity index (χ1v) is 6.51. The largest absolute Gasteiger partial charge is 0.481 e.